The second-order valence-corrected chi connectivity index (χ2v) is 4.49. The lowest BCUT2D eigenvalue weighted by molar-refractivity contribution is 0.102. The first-order valence-corrected chi connectivity index (χ1v) is 6.21. The predicted molar refractivity (Wildman–Crippen MR) is 78.5 cm³/mol. The van der Waals surface area contributed by atoms with E-state index >= 15 is 0 Å². The molecule has 1 amide bonds. The van der Waals surface area contributed by atoms with Crippen LogP contribution in [0.25, 0.3) is 0 Å². The molecule has 20 heavy (non-hydrogen) atoms. The van der Waals surface area contributed by atoms with E-state index in [1.165, 1.54) is 6.20 Å². The minimum absolute atomic E-state index is 0.225. The van der Waals surface area contributed by atoms with Gasteiger partial charge in [-0.15, -0.1) is 0 Å². The molecule has 0 aliphatic rings. The molecule has 0 aliphatic heterocycles. The normalized spacial score (nSPS) is 10.3. The number of rotatable bonds is 4. The fraction of sp³-hybridized carbons (Fsp3) is 0.200. The highest BCUT2D eigenvalue weighted by Crippen LogP contribution is 2.15. The van der Waals surface area contributed by atoms with Gasteiger partial charge in [-0.2, -0.15) is 0 Å². The Morgan fingerprint density at radius 1 is 1.40 bits per heavy atom. The van der Waals surface area contributed by atoms with Gasteiger partial charge in [0.05, 0.1) is 29.7 Å². The number of amides is 1. The predicted octanol–water partition coefficient (Wildman–Crippen LogP) is 2.37. The third-order valence-electron chi connectivity index (χ3n) is 2.85. The van der Waals surface area contributed by atoms with Crippen LogP contribution in [0.2, 0.25) is 0 Å². The van der Waals surface area contributed by atoms with E-state index in [2.05, 4.69) is 10.3 Å². The second kappa shape index (κ2) is 6.16. The average molecular weight is 271 g/mol. The van der Waals surface area contributed by atoms with E-state index in [-0.39, 0.29) is 5.91 Å². The summed E-state index contributed by atoms with van der Waals surface area (Å²) in [5.74, 6) is -0.225. The van der Waals surface area contributed by atoms with Gasteiger partial charge in [-0.05, 0) is 30.7 Å². The number of aryl methyl sites for hydroxylation is 1. The van der Waals surface area contributed by atoms with Crippen LogP contribution in [-0.2, 0) is 11.3 Å². The number of carbonyl (C=O) groups excluding carboxylic acids is 1. The van der Waals surface area contributed by atoms with Crippen LogP contribution in [0.1, 0.15) is 21.6 Å². The molecular weight excluding hydrogens is 254 g/mol. The molecule has 0 radical (unpaired) electrons. The summed E-state index contributed by atoms with van der Waals surface area (Å²) in [5, 5.41) is 2.84. The number of nitrogens with two attached hydrogens (primary N) is 1. The molecule has 1 aromatic carbocycles. The van der Waals surface area contributed by atoms with Gasteiger partial charge in [0.2, 0.25) is 0 Å². The van der Waals surface area contributed by atoms with Gasteiger partial charge in [-0.1, -0.05) is 12.1 Å². The summed E-state index contributed by atoms with van der Waals surface area (Å²) in [4.78, 5) is 16.3. The van der Waals surface area contributed by atoms with Crippen LogP contribution in [0.4, 0.5) is 11.4 Å². The number of pyridine rings is 1. The maximum Gasteiger partial charge on any atom is 0.257 e. The summed E-state index contributed by atoms with van der Waals surface area (Å²) >= 11 is 0. The molecule has 5 nitrogen and oxygen atoms in total. The number of ether oxygens (including phenoxy) is 1. The SMILES string of the molecule is COCc1cccc(NC(=O)c2cc(N)cnc2C)c1. The van der Waals surface area contributed by atoms with Crippen molar-refractivity contribution in [3.63, 3.8) is 0 Å². The summed E-state index contributed by atoms with van der Waals surface area (Å²) in [6.07, 6.45) is 1.53. The Labute approximate surface area is 117 Å². The van der Waals surface area contributed by atoms with Gasteiger partial charge in [0, 0.05) is 12.8 Å². The largest absolute Gasteiger partial charge is 0.397 e. The van der Waals surface area contributed by atoms with Crippen LogP contribution < -0.4 is 11.1 Å². The molecule has 0 saturated heterocycles. The minimum Gasteiger partial charge on any atom is -0.397 e. The maximum atomic E-state index is 12.2. The van der Waals surface area contributed by atoms with Crippen molar-refractivity contribution in [1.29, 1.82) is 0 Å². The fourth-order valence-corrected chi connectivity index (χ4v) is 1.88. The zero-order valence-corrected chi connectivity index (χ0v) is 11.5. The summed E-state index contributed by atoms with van der Waals surface area (Å²) in [6.45, 7) is 2.28. The highest BCUT2D eigenvalue weighted by atomic mass is 16.5. The van der Waals surface area contributed by atoms with E-state index in [1.54, 1.807) is 20.1 Å². The Hall–Kier alpha value is -2.40. The number of nitrogen functional groups attached to an aromatic ring is 1. The Morgan fingerprint density at radius 2 is 2.20 bits per heavy atom. The Kier molecular flexibility index (Phi) is 4.32. The number of aromatic nitrogens is 1. The quantitative estimate of drug-likeness (QED) is 0.895. The van der Waals surface area contributed by atoms with Gasteiger partial charge < -0.3 is 15.8 Å². The van der Waals surface area contributed by atoms with Gasteiger partial charge >= 0.3 is 0 Å². The van der Waals surface area contributed by atoms with Crippen LogP contribution in [-0.4, -0.2) is 18.0 Å². The molecular formula is C15H17N3O2. The van der Waals surface area contributed by atoms with Crippen molar-refractivity contribution < 1.29 is 9.53 Å². The first-order valence-electron chi connectivity index (χ1n) is 6.21. The molecule has 5 heteroatoms. The number of anilines is 2. The van der Waals surface area contributed by atoms with Crippen LogP contribution in [0.15, 0.2) is 36.5 Å². The molecule has 0 aliphatic carbocycles. The van der Waals surface area contributed by atoms with Crippen molar-refractivity contribution in [1.82, 2.24) is 4.98 Å². The molecule has 1 aromatic heterocycles. The van der Waals surface area contributed by atoms with Crippen molar-refractivity contribution >= 4 is 17.3 Å². The smallest absolute Gasteiger partial charge is 0.257 e. The first-order chi connectivity index (χ1) is 9.60. The van der Waals surface area contributed by atoms with Crippen LogP contribution in [0.3, 0.4) is 0 Å². The molecule has 2 rings (SSSR count). The number of methoxy groups -OCH3 is 1. The van der Waals surface area contributed by atoms with E-state index in [4.69, 9.17) is 10.5 Å². The van der Waals surface area contributed by atoms with Crippen molar-refractivity contribution in [3.8, 4) is 0 Å². The van der Waals surface area contributed by atoms with Crippen LogP contribution >= 0.6 is 0 Å². The molecule has 1 heterocycles. The third-order valence-corrected chi connectivity index (χ3v) is 2.85. The standard InChI is InChI=1S/C15H17N3O2/c1-10-14(7-12(16)8-17-10)15(19)18-13-5-3-4-11(6-13)9-20-2/h3-8H,9,16H2,1-2H3,(H,18,19). The Morgan fingerprint density at radius 3 is 2.95 bits per heavy atom. The van der Waals surface area contributed by atoms with E-state index in [1.807, 2.05) is 24.3 Å². The zero-order chi connectivity index (χ0) is 14.5. The van der Waals surface area contributed by atoms with Gasteiger partial charge in [-0.25, -0.2) is 0 Å². The highest BCUT2D eigenvalue weighted by molar-refractivity contribution is 6.05. The van der Waals surface area contributed by atoms with Crippen LogP contribution in [0, 0.1) is 6.92 Å². The summed E-state index contributed by atoms with van der Waals surface area (Å²) in [5.41, 5.74) is 8.95. The lowest BCUT2D eigenvalue weighted by Crippen LogP contribution is -2.14. The second-order valence-electron chi connectivity index (χ2n) is 4.49. The van der Waals surface area contributed by atoms with Crippen molar-refractivity contribution in [3.05, 3.63) is 53.3 Å². The number of benzene rings is 1. The van der Waals surface area contributed by atoms with E-state index in [0.29, 0.717) is 29.2 Å². The molecule has 104 valence electrons. The molecule has 0 atom stereocenters. The Bertz CT molecular complexity index is 626. The van der Waals surface area contributed by atoms with Crippen molar-refractivity contribution in [2.45, 2.75) is 13.5 Å². The maximum absolute atomic E-state index is 12.2. The lowest BCUT2D eigenvalue weighted by atomic mass is 10.1. The average Bonchev–Trinajstić information content (AvgIpc) is 2.42. The summed E-state index contributed by atoms with van der Waals surface area (Å²) in [7, 11) is 1.63. The topological polar surface area (TPSA) is 77.2 Å². The summed E-state index contributed by atoms with van der Waals surface area (Å²) < 4.78 is 5.07. The van der Waals surface area contributed by atoms with E-state index in [0.717, 1.165) is 5.56 Å². The molecule has 0 bridgehead atoms. The lowest BCUT2D eigenvalue weighted by Gasteiger charge is -2.09. The fourth-order valence-electron chi connectivity index (χ4n) is 1.88. The van der Waals surface area contributed by atoms with Crippen LogP contribution in [0.5, 0.6) is 0 Å². The number of hydrogen-bond acceptors (Lipinski definition) is 4. The first kappa shape index (κ1) is 14.0. The zero-order valence-electron chi connectivity index (χ0n) is 11.5. The van der Waals surface area contributed by atoms with Crippen molar-refractivity contribution in [2.24, 2.45) is 0 Å². The molecule has 0 fully saturated rings. The van der Waals surface area contributed by atoms with E-state index in [9.17, 15) is 4.79 Å². The third kappa shape index (κ3) is 3.33. The van der Waals surface area contributed by atoms with Gasteiger partial charge in [-0.3, -0.25) is 9.78 Å². The molecule has 2 aromatic rings. The number of nitrogens with zero attached hydrogens (tertiary/aromatic N) is 1. The van der Waals surface area contributed by atoms with E-state index < -0.39 is 0 Å². The monoisotopic (exact) mass is 271 g/mol. The number of carbonyl (C=O) groups is 1. The molecule has 0 unspecified atom stereocenters. The van der Waals surface area contributed by atoms with Crippen molar-refractivity contribution in [2.75, 3.05) is 18.2 Å². The Balaban J connectivity index is 2.19. The molecule has 0 spiro atoms. The van der Waals surface area contributed by atoms with Gasteiger partial charge in [0.25, 0.3) is 5.91 Å². The number of hydrogen-bond donors (Lipinski definition) is 2. The highest BCUT2D eigenvalue weighted by Gasteiger charge is 2.11. The molecule has 0 saturated carbocycles. The van der Waals surface area contributed by atoms with Gasteiger partial charge in [0.15, 0.2) is 0 Å². The molecule has 3 N–H and O–H groups in total. The number of nitrogens with one attached hydrogen (secondary N) is 1. The van der Waals surface area contributed by atoms with Gasteiger partial charge in [0.1, 0.15) is 0 Å². The minimum atomic E-state index is -0.225. The summed E-state index contributed by atoms with van der Waals surface area (Å²) in [6, 6.07) is 9.13.